The molecule has 0 rings (SSSR count). The van der Waals surface area contributed by atoms with Crippen LogP contribution < -0.4 is 0 Å². The smallest absolute Gasteiger partial charge is 0.306 e. The number of carboxylic acid groups (broad SMARTS) is 2. The highest BCUT2D eigenvalue weighted by molar-refractivity contribution is 7.99. The maximum absolute atomic E-state index is 11.2. The minimum Gasteiger partial charge on any atom is -0.481 e. The van der Waals surface area contributed by atoms with Crippen LogP contribution in [0.3, 0.4) is 0 Å². The van der Waals surface area contributed by atoms with Crippen LogP contribution in [0.15, 0.2) is 0 Å². The molecule has 0 saturated heterocycles. The van der Waals surface area contributed by atoms with E-state index in [1.807, 2.05) is 11.8 Å². The SMILES string of the molecule is CCCCC(CCCCSCCCCC(CCCC)C(=O)O)C(=O)O. The molecule has 148 valence electrons. The Balaban J connectivity index is 3.59. The summed E-state index contributed by atoms with van der Waals surface area (Å²) in [5.41, 5.74) is 0. The van der Waals surface area contributed by atoms with E-state index >= 15 is 0 Å². The summed E-state index contributed by atoms with van der Waals surface area (Å²) in [5.74, 6) is 0.549. The van der Waals surface area contributed by atoms with Crippen molar-refractivity contribution in [2.75, 3.05) is 11.5 Å². The molecule has 0 bridgehead atoms. The highest BCUT2D eigenvalue weighted by atomic mass is 32.2. The summed E-state index contributed by atoms with van der Waals surface area (Å²) >= 11 is 1.91. The Morgan fingerprint density at radius 1 is 0.680 bits per heavy atom. The Labute approximate surface area is 158 Å². The van der Waals surface area contributed by atoms with Gasteiger partial charge in [-0.2, -0.15) is 11.8 Å². The van der Waals surface area contributed by atoms with E-state index in [4.69, 9.17) is 0 Å². The van der Waals surface area contributed by atoms with Crippen LogP contribution in [-0.2, 0) is 9.59 Å². The van der Waals surface area contributed by atoms with Crippen molar-refractivity contribution in [2.45, 2.75) is 90.9 Å². The van der Waals surface area contributed by atoms with E-state index in [1.54, 1.807) is 0 Å². The van der Waals surface area contributed by atoms with Gasteiger partial charge in [-0.15, -0.1) is 0 Å². The lowest BCUT2D eigenvalue weighted by molar-refractivity contribution is -0.143. The van der Waals surface area contributed by atoms with Crippen LogP contribution in [0.4, 0.5) is 0 Å². The molecular weight excluding hydrogens is 336 g/mol. The van der Waals surface area contributed by atoms with Gasteiger partial charge in [-0.1, -0.05) is 52.4 Å². The first-order valence-electron chi connectivity index (χ1n) is 10.1. The molecule has 0 radical (unpaired) electrons. The molecule has 2 unspecified atom stereocenters. The molecular formula is C20H38O4S. The van der Waals surface area contributed by atoms with Gasteiger partial charge in [0.1, 0.15) is 0 Å². The fraction of sp³-hybridized carbons (Fsp3) is 0.900. The third kappa shape index (κ3) is 14.2. The zero-order valence-electron chi connectivity index (χ0n) is 16.2. The Bertz CT molecular complexity index is 315. The number of aliphatic carboxylic acids is 2. The van der Waals surface area contributed by atoms with Crippen LogP contribution in [0.1, 0.15) is 90.9 Å². The fourth-order valence-electron chi connectivity index (χ4n) is 2.98. The molecule has 25 heavy (non-hydrogen) atoms. The minimum atomic E-state index is -0.642. The maximum atomic E-state index is 11.2. The van der Waals surface area contributed by atoms with Gasteiger partial charge in [-0.05, 0) is 50.0 Å². The summed E-state index contributed by atoms with van der Waals surface area (Å²) < 4.78 is 0. The molecule has 0 amide bonds. The molecule has 0 aromatic carbocycles. The van der Waals surface area contributed by atoms with Gasteiger partial charge in [0.15, 0.2) is 0 Å². The molecule has 0 aliphatic carbocycles. The van der Waals surface area contributed by atoms with E-state index in [9.17, 15) is 19.8 Å². The van der Waals surface area contributed by atoms with E-state index in [-0.39, 0.29) is 11.8 Å². The predicted molar refractivity (Wildman–Crippen MR) is 106 cm³/mol. The zero-order chi connectivity index (χ0) is 18.9. The molecule has 0 aromatic heterocycles. The van der Waals surface area contributed by atoms with Crippen molar-refractivity contribution in [3.8, 4) is 0 Å². The Morgan fingerprint density at radius 2 is 1.04 bits per heavy atom. The van der Waals surface area contributed by atoms with Crippen molar-refractivity contribution in [3.05, 3.63) is 0 Å². The van der Waals surface area contributed by atoms with Gasteiger partial charge in [0.25, 0.3) is 0 Å². The first-order chi connectivity index (χ1) is 12.0. The molecule has 4 nitrogen and oxygen atoms in total. The van der Waals surface area contributed by atoms with Crippen molar-refractivity contribution in [1.82, 2.24) is 0 Å². The molecule has 5 heteroatoms. The third-order valence-electron chi connectivity index (χ3n) is 4.69. The van der Waals surface area contributed by atoms with E-state index in [0.717, 1.165) is 88.6 Å². The summed E-state index contributed by atoms with van der Waals surface area (Å²) in [5, 5.41) is 18.4. The van der Waals surface area contributed by atoms with Gasteiger partial charge in [0.2, 0.25) is 0 Å². The number of unbranched alkanes of at least 4 members (excludes halogenated alkanes) is 4. The van der Waals surface area contributed by atoms with Crippen molar-refractivity contribution in [2.24, 2.45) is 11.8 Å². The van der Waals surface area contributed by atoms with Crippen LogP contribution in [0.2, 0.25) is 0 Å². The first-order valence-corrected chi connectivity index (χ1v) is 11.2. The molecule has 0 fully saturated rings. The summed E-state index contributed by atoms with van der Waals surface area (Å²) in [6, 6.07) is 0. The van der Waals surface area contributed by atoms with Crippen molar-refractivity contribution < 1.29 is 19.8 Å². The molecule has 0 aliphatic heterocycles. The highest BCUT2D eigenvalue weighted by Crippen LogP contribution is 2.20. The lowest BCUT2D eigenvalue weighted by atomic mass is 9.96. The number of hydrogen-bond donors (Lipinski definition) is 2. The second kappa shape index (κ2) is 16.7. The molecule has 2 atom stereocenters. The van der Waals surface area contributed by atoms with E-state index in [1.165, 1.54) is 0 Å². The van der Waals surface area contributed by atoms with E-state index in [2.05, 4.69) is 13.8 Å². The second-order valence-corrected chi connectivity index (χ2v) is 8.18. The molecule has 0 spiro atoms. The molecule has 0 saturated carbocycles. The highest BCUT2D eigenvalue weighted by Gasteiger charge is 2.16. The van der Waals surface area contributed by atoms with Crippen molar-refractivity contribution in [3.63, 3.8) is 0 Å². The Hall–Kier alpha value is -0.710. The molecule has 0 aliphatic rings. The van der Waals surface area contributed by atoms with Gasteiger partial charge in [-0.3, -0.25) is 9.59 Å². The minimum absolute atomic E-state index is 0.166. The van der Waals surface area contributed by atoms with Crippen LogP contribution in [0.25, 0.3) is 0 Å². The number of thioether (sulfide) groups is 1. The van der Waals surface area contributed by atoms with Crippen molar-refractivity contribution >= 4 is 23.7 Å². The van der Waals surface area contributed by atoms with Gasteiger partial charge in [0, 0.05) is 0 Å². The summed E-state index contributed by atoms with van der Waals surface area (Å²) in [4.78, 5) is 22.3. The number of rotatable bonds is 18. The van der Waals surface area contributed by atoms with Crippen LogP contribution in [-0.4, -0.2) is 33.7 Å². The summed E-state index contributed by atoms with van der Waals surface area (Å²) in [7, 11) is 0. The molecule has 0 heterocycles. The van der Waals surface area contributed by atoms with Gasteiger partial charge >= 0.3 is 11.9 Å². The molecule has 2 N–H and O–H groups in total. The summed E-state index contributed by atoms with van der Waals surface area (Å²) in [6.45, 7) is 4.19. The van der Waals surface area contributed by atoms with Crippen LogP contribution in [0, 0.1) is 11.8 Å². The first kappa shape index (κ1) is 24.3. The quantitative estimate of drug-likeness (QED) is 0.295. The monoisotopic (exact) mass is 374 g/mol. The third-order valence-corrected chi connectivity index (χ3v) is 5.85. The number of carboxylic acids is 2. The lowest BCUT2D eigenvalue weighted by Gasteiger charge is -2.12. The average molecular weight is 375 g/mol. The summed E-state index contributed by atoms with van der Waals surface area (Å²) in [6.07, 6.45) is 11.5. The largest absolute Gasteiger partial charge is 0.481 e. The van der Waals surface area contributed by atoms with Crippen LogP contribution in [0.5, 0.6) is 0 Å². The predicted octanol–water partition coefficient (Wildman–Crippen LogP) is 5.84. The molecule has 0 aromatic rings. The Kier molecular flexibility index (Phi) is 16.3. The topological polar surface area (TPSA) is 74.6 Å². The van der Waals surface area contributed by atoms with Crippen LogP contribution >= 0.6 is 11.8 Å². The average Bonchev–Trinajstić information content (AvgIpc) is 2.57. The van der Waals surface area contributed by atoms with E-state index < -0.39 is 11.9 Å². The number of carbonyl (C=O) groups is 2. The van der Waals surface area contributed by atoms with Crippen molar-refractivity contribution in [1.29, 1.82) is 0 Å². The zero-order valence-corrected chi connectivity index (χ0v) is 17.0. The van der Waals surface area contributed by atoms with E-state index in [0.29, 0.717) is 0 Å². The maximum Gasteiger partial charge on any atom is 0.306 e. The lowest BCUT2D eigenvalue weighted by Crippen LogP contribution is -2.13. The van der Waals surface area contributed by atoms with Gasteiger partial charge < -0.3 is 10.2 Å². The van der Waals surface area contributed by atoms with Gasteiger partial charge in [-0.25, -0.2) is 0 Å². The van der Waals surface area contributed by atoms with Gasteiger partial charge in [0.05, 0.1) is 11.8 Å². The fourth-order valence-corrected chi connectivity index (χ4v) is 4.00. The number of hydrogen-bond acceptors (Lipinski definition) is 3. The normalized spacial score (nSPS) is 13.5. The standard InChI is InChI=1S/C20H38O4S/c1-3-5-11-17(19(21)22)13-7-9-15-25-16-10-8-14-18(20(23)24)12-6-4-2/h17-18H,3-16H2,1-2H3,(H,21,22)(H,23,24). The second-order valence-electron chi connectivity index (χ2n) is 6.96. The Morgan fingerprint density at radius 3 is 1.36 bits per heavy atom.